The van der Waals surface area contributed by atoms with Crippen LogP contribution in [0.3, 0.4) is 0 Å². The second-order valence-electron chi connectivity index (χ2n) is 6.87. The van der Waals surface area contributed by atoms with Crippen LogP contribution in [0.4, 0.5) is 4.79 Å². The Balaban J connectivity index is 2.11. The SMILES string of the molecule is CC(C)CN(Cc1cccc(Cl)c1)C(=O)C1CCCN(C(N)=O)C1. The third kappa shape index (κ3) is 5.13. The lowest BCUT2D eigenvalue weighted by Crippen LogP contribution is -2.48. The number of likely N-dealkylation sites (tertiary alicyclic amines) is 1. The molecule has 1 fully saturated rings. The number of carbonyl (C=O) groups is 2. The summed E-state index contributed by atoms with van der Waals surface area (Å²) in [6.07, 6.45) is 1.61. The number of halogens is 1. The van der Waals surface area contributed by atoms with Crippen molar-refractivity contribution < 1.29 is 9.59 Å². The molecule has 1 aromatic rings. The first-order valence-electron chi connectivity index (χ1n) is 8.44. The summed E-state index contributed by atoms with van der Waals surface area (Å²) in [5.74, 6) is 0.280. The average molecular weight is 352 g/mol. The smallest absolute Gasteiger partial charge is 0.314 e. The van der Waals surface area contributed by atoms with Gasteiger partial charge in [0.25, 0.3) is 0 Å². The van der Waals surface area contributed by atoms with Crippen molar-refractivity contribution >= 4 is 23.5 Å². The maximum Gasteiger partial charge on any atom is 0.314 e. The fourth-order valence-corrected chi connectivity index (χ4v) is 3.38. The number of hydrogen-bond acceptors (Lipinski definition) is 2. The highest BCUT2D eigenvalue weighted by Crippen LogP contribution is 2.21. The van der Waals surface area contributed by atoms with E-state index in [1.165, 1.54) is 0 Å². The van der Waals surface area contributed by atoms with Crippen LogP contribution in [0, 0.1) is 11.8 Å². The number of primary amides is 1. The van der Waals surface area contributed by atoms with Gasteiger partial charge in [-0.1, -0.05) is 37.6 Å². The van der Waals surface area contributed by atoms with E-state index in [2.05, 4.69) is 13.8 Å². The Morgan fingerprint density at radius 3 is 2.79 bits per heavy atom. The van der Waals surface area contributed by atoms with Crippen molar-refractivity contribution in [1.29, 1.82) is 0 Å². The fourth-order valence-electron chi connectivity index (χ4n) is 3.17. The van der Waals surface area contributed by atoms with E-state index >= 15 is 0 Å². The van der Waals surface area contributed by atoms with E-state index < -0.39 is 6.03 Å². The summed E-state index contributed by atoms with van der Waals surface area (Å²) in [6, 6.07) is 7.14. The molecule has 0 spiro atoms. The van der Waals surface area contributed by atoms with Gasteiger partial charge in [0.05, 0.1) is 5.92 Å². The number of rotatable bonds is 5. The zero-order chi connectivity index (χ0) is 17.7. The monoisotopic (exact) mass is 351 g/mol. The van der Waals surface area contributed by atoms with Gasteiger partial charge in [-0.2, -0.15) is 0 Å². The van der Waals surface area contributed by atoms with Gasteiger partial charge in [-0.05, 0) is 36.5 Å². The molecule has 1 unspecified atom stereocenters. The molecule has 0 radical (unpaired) electrons. The van der Waals surface area contributed by atoms with Crippen molar-refractivity contribution in [3.8, 4) is 0 Å². The number of piperidine rings is 1. The second kappa shape index (κ2) is 8.38. The van der Waals surface area contributed by atoms with Gasteiger partial charge in [-0.3, -0.25) is 4.79 Å². The zero-order valence-electron chi connectivity index (χ0n) is 14.4. The lowest BCUT2D eigenvalue weighted by molar-refractivity contribution is -0.138. The molecule has 6 heteroatoms. The molecule has 0 aromatic heterocycles. The Hall–Kier alpha value is -1.75. The van der Waals surface area contributed by atoms with Crippen LogP contribution in [-0.4, -0.2) is 41.4 Å². The highest BCUT2D eigenvalue weighted by Gasteiger charge is 2.30. The molecule has 1 saturated heterocycles. The standard InChI is InChI=1S/C18H26ClN3O2/c1-13(2)10-22(11-14-5-3-7-16(19)9-14)17(23)15-6-4-8-21(12-15)18(20)24/h3,5,7,9,13,15H,4,6,8,10-12H2,1-2H3,(H2,20,24). The van der Waals surface area contributed by atoms with Gasteiger partial charge in [-0.15, -0.1) is 0 Å². The molecule has 24 heavy (non-hydrogen) atoms. The molecule has 2 rings (SSSR count). The van der Waals surface area contributed by atoms with Gasteiger partial charge < -0.3 is 15.5 Å². The van der Waals surface area contributed by atoms with Crippen LogP contribution in [0.5, 0.6) is 0 Å². The normalized spacial score (nSPS) is 17.8. The molecule has 5 nitrogen and oxygen atoms in total. The van der Waals surface area contributed by atoms with Gasteiger partial charge in [-0.25, -0.2) is 4.79 Å². The lowest BCUT2D eigenvalue weighted by Gasteiger charge is -2.35. The van der Waals surface area contributed by atoms with Gasteiger partial charge in [0, 0.05) is 31.2 Å². The van der Waals surface area contributed by atoms with Crippen LogP contribution in [0.15, 0.2) is 24.3 Å². The number of urea groups is 1. The molecule has 132 valence electrons. The van der Waals surface area contributed by atoms with Gasteiger partial charge >= 0.3 is 6.03 Å². The lowest BCUT2D eigenvalue weighted by atomic mass is 9.96. The van der Waals surface area contributed by atoms with E-state index in [1.807, 2.05) is 29.2 Å². The van der Waals surface area contributed by atoms with E-state index in [4.69, 9.17) is 17.3 Å². The highest BCUT2D eigenvalue weighted by molar-refractivity contribution is 6.30. The molecule has 0 saturated carbocycles. The molecule has 2 N–H and O–H groups in total. The van der Waals surface area contributed by atoms with Crippen LogP contribution in [0.1, 0.15) is 32.3 Å². The second-order valence-corrected chi connectivity index (χ2v) is 7.30. The Labute approximate surface area is 148 Å². The van der Waals surface area contributed by atoms with Gasteiger partial charge in [0.1, 0.15) is 0 Å². The molecular formula is C18H26ClN3O2. The number of nitrogens with two attached hydrogens (primary N) is 1. The molecular weight excluding hydrogens is 326 g/mol. The molecule has 1 atom stereocenters. The molecule has 1 aliphatic heterocycles. The molecule has 1 aromatic carbocycles. The number of carbonyl (C=O) groups excluding carboxylic acids is 2. The highest BCUT2D eigenvalue weighted by atomic mass is 35.5. The van der Waals surface area contributed by atoms with Gasteiger partial charge in [0.15, 0.2) is 0 Å². The van der Waals surface area contributed by atoms with Crippen LogP contribution < -0.4 is 5.73 Å². The van der Waals surface area contributed by atoms with Crippen molar-refractivity contribution in [2.45, 2.75) is 33.2 Å². The van der Waals surface area contributed by atoms with E-state index in [0.717, 1.165) is 18.4 Å². The molecule has 3 amide bonds. The predicted octanol–water partition coefficient (Wildman–Crippen LogP) is 3.12. The molecule has 0 bridgehead atoms. The van der Waals surface area contributed by atoms with Crippen molar-refractivity contribution in [3.05, 3.63) is 34.9 Å². The van der Waals surface area contributed by atoms with Crippen molar-refractivity contribution in [3.63, 3.8) is 0 Å². The summed E-state index contributed by atoms with van der Waals surface area (Å²) in [5, 5.41) is 0.669. The minimum absolute atomic E-state index is 0.0922. The summed E-state index contributed by atoms with van der Waals surface area (Å²) in [4.78, 5) is 27.9. The average Bonchev–Trinajstić information content (AvgIpc) is 2.53. The summed E-state index contributed by atoms with van der Waals surface area (Å²) < 4.78 is 0. The summed E-state index contributed by atoms with van der Waals surface area (Å²) in [6.45, 7) is 6.45. The first-order chi connectivity index (χ1) is 11.4. The molecule has 1 heterocycles. The number of amides is 3. The maximum absolute atomic E-state index is 13.0. The third-order valence-corrected chi connectivity index (χ3v) is 4.48. The largest absolute Gasteiger partial charge is 0.351 e. The van der Waals surface area contributed by atoms with Crippen molar-refractivity contribution in [2.24, 2.45) is 17.6 Å². The van der Waals surface area contributed by atoms with Crippen LogP contribution >= 0.6 is 11.6 Å². The third-order valence-electron chi connectivity index (χ3n) is 4.24. The minimum Gasteiger partial charge on any atom is -0.351 e. The first-order valence-corrected chi connectivity index (χ1v) is 8.82. The van der Waals surface area contributed by atoms with E-state index in [9.17, 15) is 9.59 Å². The topological polar surface area (TPSA) is 66.6 Å². The molecule has 0 aliphatic carbocycles. The Morgan fingerprint density at radius 2 is 2.17 bits per heavy atom. The summed E-state index contributed by atoms with van der Waals surface area (Å²) in [5.41, 5.74) is 6.39. The Bertz CT molecular complexity index is 591. The number of benzene rings is 1. The summed E-state index contributed by atoms with van der Waals surface area (Å²) >= 11 is 6.05. The number of nitrogens with zero attached hydrogens (tertiary/aromatic N) is 2. The van der Waals surface area contributed by atoms with Crippen LogP contribution in [0.2, 0.25) is 5.02 Å². The number of hydrogen-bond donors (Lipinski definition) is 1. The quantitative estimate of drug-likeness (QED) is 0.885. The Kier molecular flexibility index (Phi) is 6.49. The van der Waals surface area contributed by atoms with Gasteiger partial charge in [0.2, 0.25) is 5.91 Å². The first kappa shape index (κ1) is 18.6. The summed E-state index contributed by atoms with van der Waals surface area (Å²) in [7, 11) is 0. The van der Waals surface area contributed by atoms with Crippen molar-refractivity contribution in [2.75, 3.05) is 19.6 Å². The maximum atomic E-state index is 13.0. The minimum atomic E-state index is -0.447. The van der Waals surface area contributed by atoms with E-state index in [1.54, 1.807) is 4.90 Å². The fraction of sp³-hybridized carbons (Fsp3) is 0.556. The van der Waals surface area contributed by atoms with E-state index in [0.29, 0.717) is 37.1 Å². The van der Waals surface area contributed by atoms with E-state index in [-0.39, 0.29) is 11.8 Å². The van der Waals surface area contributed by atoms with Crippen LogP contribution in [-0.2, 0) is 11.3 Å². The molecule has 1 aliphatic rings. The zero-order valence-corrected chi connectivity index (χ0v) is 15.1. The van der Waals surface area contributed by atoms with Crippen LogP contribution in [0.25, 0.3) is 0 Å². The van der Waals surface area contributed by atoms with Crippen molar-refractivity contribution in [1.82, 2.24) is 9.80 Å². The Morgan fingerprint density at radius 1 is 1.42 bits per heavy atom. The predicted molar refractivity (Wildman–Crippen MR) is 95.6 cm³/mol.